The minimum atomic E-state index is -1.08. The molecule has 0 fully saturated rings. The van der Waals surface area contributed by atoms with Gasteiger partial charge in [-0.1, -0.05) is 13.8 Å². The zero-order chi connectivity index (χ0) is 14.3. The topological polar surface area (TPSA) is 98.7 Å². The lowest BCUT2D eigenvalue weighted by Gasteiger charge is -2.21. The number of likely N-dealkylation sites (N-methyl/N-ethyl adjacent to an activating group) is 2. The van der Waals surface area contributed by atoms with E-state index in [0.717, 1.165) is 4.90 Å². The molecule has 0 aliphatic carbocycles. The Hall–Kier alpha value is -1.79. The number of urea groups is 1. The van der Waals surface area contributed by atoms with Crippen molar-refractivity contribution in [3.05, 3.63) is 0 Å². The highest BCUT2D eigenvalue weighted by Gasteiger charge is 2.23. The third kappa shape index (κ3) is 6.07. The number of rotatable bonds is 6. The smallest absolute Gasteiger partial charge is 0.326 e. The average molecular weight is 259 g/mol. The second-order valence-electron chi connectivity index (χ2n) is 4.50. The van der Waals surface area contributed by atoms with E-state index in [1.165, 1.54) is 14.1 Å². The van der Waals surface area contributed by atoms with Crippen LogP contribution in [0.2, 0.25) is 0 Å². The molecule has 0 aromatic rings. The van der Waals surface area contributed by atoms with Crippen molar-refractivity contribution in [2.24, 2.45) is 5.92 Å². The summed E-state index contributed by atoms with van der Waals surface area (Å²) in [4.78, 5) is 34.8. The predicted octanol–water partition coefficient (Wildman–Crippen LogP) is -0.127. The number of carbonyl (C=O) groups is 3. The van der Waals surface area contributed by atoms with E-state index in [1.54, 1.807) is 0 Å². The first-order chi connectivity index (χ1) is 8.27. The van der Waals surface area contributed by atoms with Gasteiger partial charge >= 0.3 is 12.0 Å². The van der Waals surface area contributed by atoms with E-state index in [9.17, 15) is 14.4 Å². The van der Waals surface area contributed by atoms with E-state index in [2.05, 4.69) is 10.6 Å². The molecule has 0 heterocycles. The molecule has 0 aromatic heterocycles. The zero-order valence-electron chi connectivity index (χ0n) is 11.2. The highest BCUT2D eigenvalue weighted by molar-refractivity contribution is 5.86. The molecule has 0 radical (unpaired) electrons. The Kier molecular flexibility index (Phi) is 6.77. The minimum absolute atomic E-state index is 0.115. The lowest BCUT2D eigenvalue weighted by atomic mass is 10.0. The molecule has 18 heavy (non-hydrogen) atoms. The normalized spacial score (nSPS) is 11.8. The molecule has 0 aliphatic heterocycles. The summed E-state index contributed by atoms with van der Waals surface area (Å²) in [7, 11) is 2.89. The maximum Gasteiger partial charge on any atom is 0.326 e. The first-order valence-corrected chi connectivity index (χ1v) is 5.73. The van der Waals surface area contributed by atoms with E-state index < -0.39 is 18.0 Å². The standard InChI is InChI=1S/C11H21N3O4/c1-7(2)5-8(10(16)17)13-11(18)14(4)6-9(15)12-3/h7-8H,5-6H2,1-4H3,(H,12,15)(H,13,18)(H,16,17). The molecule has 7 heteroatoms. The number of carbonyl (C=O) groups excluding carboxylic acids is 2. The molecule has 104 valence electrons. The van der Waals surface area contributed by atoms with Crippen LogP contribution in [0.5, 0.6) is 0 Å². The maximum atomic E-state index is 11.7. The third-order valence-electron chi connectivity index (χ3n) is 2.31. The fraction of sp³-hybridized carbons (Fsp3) is 0.727. The van der Waals surface area contributed by atoms with Crippen LogP contribution in [0.15, 0.2) is 0 Å². The van der Waals surface area contributed by atoms with Crippen LogP contribution in [-0.2, 0) is 9.59 Å². The number of amides is 3. The number of carboxylic acids is 1. The Morgan fingerprint density at radius 3 is 2.22 bits per heavy atom. The Morgan fingerprint density at radius 1 is 1.28 bits per heavy atom. The lowest BCUT2D eigenvalue weighted by Crippen LogP contribution is -2.49. The van der Waals surface area contributed by atoms with Crippen LogP contribution in [0.1, 0.15) is 20.3 Å². The van der Waals surface area contributed by atoms with E-state index in [0.29, 0.717) is 6.42 Å². The zero-order valence-corrected chi connectivity index (χ0v) is 11.2. The van der Waals surface area contributed by atoms with Gasteiger partial charge in [0.05, 0.1) is 0 Å². The quantitative estimate of drug-likeness (QED) is 0.619. The van der Waals surface area contributed by atoms with E-state index in [1.807, 2.05) is 13.8 Å². The summed E-state index contributed by atoms with van der Waals surface area (Å²) in [6.07, 6.45) is 0.342. The van der Waals surface area contributed by atoms with Crippen LogP contribution in [0.4, 0.5) is 4.79 Å². The number of carboxylic acid groups (broad SMARTS) is 1. The van der Waals surface area contributed by atoms with Gasteiger partial charge < -0.3 is 20.6 Å². The van der Waals surface area contributed by atoms with Gasteiger partial charge in [-0.25, -0.2) is 9.59 Å². The van der Waals surface area contributed by atoms with Gasteiger partial charge in [-0.05, 0) is 12.3 Å². The average Bonchev–Trinajstić information content (AvgIpc) is 2.26. The summed E-state index contributed by atoms with van der Waals surface area (Å²) in [5, 5.41) is 13.7. The summed E-state index contributed by atoms with van der Waals surface area (Å²) in [5.41, 5.74) is 0. The van der Waals surface area contributed by atoms with E-state index in [4.69, 9.17) is 5.11 Å². The Bertz CT molecular complexity index is 317. The summed E-state index contributed by atoms with van der Waals surface area (Å²) in [6, 6.07) is -1.52. The number of hydrogen-bond donors (Lipinski definition) is 3. The van der Waals surface area contributed by atoms with Gasteiger partial charge in [0.1, 0.15) is 12.6 Å². The number of hydrogen-bond acceptors (Lipinski definition) is 3. The van der Waals surface area contributed by atoms with Crippen molar-refractivity contribution in [1.82, 2.24) is 15.5 Å². The molecule has 7 nitrogen and oxygen atoms in total. The summed E-state index contributed by atoms with van der Waals surface area (Å²) in [5.74, 6) is -1.25. The van der Waals surface area contributed by atoms with Gasteiger partial charge in [0, 0.05) is 14.1 Å². The number of nitrogens with one attached hydrogen (secondary N) is 2. The fourth-order valence-electron chi connectivity index (χ4n) is 1.32. The van der Waals surface area contributed by atoms with Crippen molar-refractivity contribution < 1.29 is 19.5 Å². The Morgan fingerprint density at radius 2 is 1.83 bits per heavy atom. The molecule has 3 amide bonds. The van der Waals surface area contributed by atoms with Crippen molar-refractivity contribution in [1.29, 1.82) is 0 Å². The lowest BCUT2D eigenvalue weighted by molar-refractivity contribution is -0.139. The Labute approximate surface area is 107 Å². The van der Waals surface area contributed by atoms with E-state index in [-0.39, 0.29) is 18.4 Å². The van der Waals surface area contributed by atoms with Gasteiger partial charge in [0.2, 0.25) is 5.91 Å². The molecular weight excluding hydrogens is 238 g/mol. The van der Waals surface area contributed by atoms with Crippen molar-refractivity contribution in [2.75, 3.05) is 20.6 Å². The molecule has 0 rings (SSSR count). The van der Waals surface area contributed by atoms with Crippen molar-refractivity contribution in [3.63, 3.8) is 0 Å². The maximum absolute atomic E-state index is 11.7. The fourth-order valence-corrected chi connectivity index (χ4v) is 1.32. The van der Waals surface area contributed by atoms with Gasteiger partial charge in [0.25, 0.3) is 0 Å². The van der Waals surface area contributed by atoms with Gasteiger partial charge in [-0.2, -0.15) is 0 Å². The molecule has 0 aromatic carbocycles. The summed E-state index contributed by atoms with van der Waals surface area (Å²) >= 11 is 0. The molecule has 0 saturated carbocycles. The van der Waals surface area contributed by atoms with Crippen molar-refractivity contribution in [2.45, 2.75) is 26.3 Å². The highest BCUT2D eigenvalue weighted by Crippen LogP contribution is 2.05. The van der Waals surface area contributed by atoms with Crippen LogP contribution in [0.25, 0.3) is 0 Å². The van der Waals surface area contributed by atoms with Gasteiger partial charge in [-0.3, -0.25) is 4.79 Å². The summed E-state index contributed by atoms with van der Waals surface area (Å²) in [6.45, 7) is 3.63. The second kappa shape index (κ2) is 7.52. The number of aliphatic carboxylic acids is 1. The monoisotopic (exact) mass is 259 g/mol. The van der Waals surface area contributed by atoms with Crippen molar-refractivity contribution >= 4 is 17.9 Å². The van der Waals surface area contributed by atoms with Crippen LogP contribution < -0.4 is 10.6 Å². The highest BCUT2D eigenvalue weighted by atomic mass is 16.4. The summed E-state index contributed by atoms with van der Waals surface area (Å²) < 4.78 is 0. The number of nitrogens with zero attached hydrogens (tertiary/aromatic N) is 1. The SMILES string of the molecule is CNC(=O)CN(C)C(=O)NC(CC(C)C)C(=O)O. The van der Waals surface area contributed by atoms with Crippen LogP contribution in [0.3, 0.4) is 0 Å². The van der Waals surface area contributed by atoms with Crippen molar-refractivity contribution in [3.8, 4) is 0 Å². The first kappa shape index (κ1) is 16.2. The second-order valence-corrected chi connectivity index (χ2v) is 4.50. The molecule has 1 unspecified atom stereocenters. The van der Waals surface area contributed by atoms with Crippen LogP contribution in [-0.4, -0.2) is 54.6 Å². The van der Waals surface area contributed by atoms with Gasteiger partial charge in [-0.15, -0.1) is 0 Å². The van der Waals surface area contributed by atoms with E-state index >= 15 is 0 Å². The first-order valence-electron chi connectivity index (χ1n) is 5.73. The predicted molar refractivity (Wildman–Crippen MR) is 66.1 cm³/mol. The minimum Gasteiger partial charge on any atom is -0.480 e. The Balaban J connectivity index is 4.41. The molecule has 0 aliphatic rings. The molecule has 3 N–H and O–H groups in total. The van der Waals surface area contributed by atoms with Crippen LogP contribution >= 0.6 is 0 Å². The molecule has 0 saturated heterocycles. The molecule has 1 atom stereocenters. The van der Waals surface area contributed by atoms with Gasteiger partial charge in [0.15, 0.2) is 0 Å². The molecule has 0 bridgehead atoms. The molecular formula is C11H21N3O4. The third-order valence-corrected chi connectivity index (χ3v) is 2.31. The largest absolute Gasteiger partial charge is 0.480 e. The van der Waals surface area contributed by atoms with Crippen LogP contribution in [0, 0.1) is 5.92 Å². The molecule has 0 spiro atoms.